The van der Waals surface area contributed by atoms with Crippen LogP contribution in [0, 0.1) is 6.92 Å². The Morgan fingerprint density at radius 2 is 2.31 bits per heavy atom. The van der Waals surface area contributed by atoms with Crippen LogP contribution in [0.15, 0.2) is 18.2 Å². The van der Waals surface area contributed by atoms with Gasteiger partial charge in [-0.25, -0.2) is 4.98 Å². The second kappa shape index (κ2) is 2.58. The van der Waals surface area contributed by atoms with Crippen LogP contribution < -0.4 is 5.73 Å². The highest BCUT2D eigenvalue weighted by Crippen LogP contribution is 2.15. The van der Waals surface area contributed by atoms with Crippen molar-refractivity contribution < 1.29 is 4.79 Å². The summed E-state index contributed by atoms with van der Waals surface area (Å²) in [4.78, 5) is 14.9. The lowest BCUT2D eigenvalue weighted by molar-refractivity contribution is 0.111. The highest BCUT2D eigenvalue weighted by atomic mass is 16.1. The molecule has 0 atom stereocenters. The zero-order chi connectivity index (χ0) is 9.42. The summed E-state index contributed by atoms with van der Waals surface area (Å²) < 4.78 is 1.64. The van der Waals surface area contributed by atoms with Gasteiger partial charge in [-0.05, 0) is 19.1 Å². The number of aryl methyl sites for hydroxylation is 1. The molecule has 0 aliphatic carbocycles. The number of imidazole rings is 1. The van der Waals surface area contributed by atoms with E-state index in [0.29, 0.717) is 17.2 Å². The van der Waals surface area contributed by atoms with Crippen molar-refractivity contribution in [2.24, 2.45) is 0 Å². The first-order valence-electron chi connectivity index (χ1n) is 3.93. The van der Waals surface area contributed by atoms with E-state index in [0.717, 1.165) is 12.0 Å². The van der Waals surface area contributed by atoms with Gasteiger partial charge in [-0.15, -0.1) is 0 Å². The molecule has 2 aromatic heterocycles. The first-order chi connectivity index (χ1) is 6.24. The van der Waals surface area contributed by atoms with Crippen LogP contribution in [0.25, 0.3) is 5.65 Å². The molecule has 66 valence electrons. The van der Waals surface area contributed by atoms with Gasteiger partial charge in [0, 0.05) is 0 Å². The molecule has 0 fully saturated rings. The lowest BCUT2D eigenvalue weighted by atomic mass is 10.3. The fraction of sp³-hybridized carbons (Fsp3) is 0.111. The van der Waals surface area contributed by atoms with Gasteiger partial charge >= 0.3 is 0 Å². The summed E-state index contributed by atoms with van der Waals surface area (Å²) in [6.07, 6.45) is 0.768. The van der Waals surface area contributed by atoms with Crippen molar-refractivity contribution in [3.05, 3.63) is 29.6 Å². The predicted octanol–water partition coefficient (Wildman–Crippen LogP) is 1.04. The number of nitrogens with two attached hydrogens (primary N) is 1. The van der Waals surface area contributed by atoms with Gasteiger partial charge in [0.05, 0.1) is 11.4 Å². The van der Waals surface area contributed by atoms with Crippen molar-refractivity contribution in [2.45, 2.75) is 6.92 Å². The van der Waals surface area contributed by atoms with Crippen LogP contribution in [-0.4, -0.2) is 15.7 Å². The molecule has 0 aromatic carbocycles. The molecule has 0 radical (unpaired) electrons. The third-order valence-corrected chi connectivity index (χ3v) is 2.01. The molecule has 0 spiro atoms. The summed E-state index contributed by atoms with van der Waals surface area (Å²) >= 11 is 0. The van der Waals surface area contributed by atoms with Crippen LogP contribution in [0.2, 0.25) is 0 Å². The third-order valence-electron chi connectivity index (χ3n) is 2.01. The van der Waals surface area contributed by atoms with Gasteiger partial charge in [0.25, 0.3) is 0 Å². The minimum absolute atomic E-state index is 0.524. The summed E-state index contributed by atoms with van der Waals surface area (Å²) in [5.74, 6) is 0.526. The van der Waals surface area contributed by atoms with E-state index >= 15 is 0 Å². The molecule has 0 amide bonds. The van der Waals surface area contributed by atoms with Gasteiger partial charge < -0.3 is 5.73 Å². The summed E-state index contributed by atoms with van der Waals surface area (Å²) in [5, 5.41) is 0. The van der Waals surface area contributed by atoms with E-state index in [9.17, 15) is 4.79 Å². The van der Waals surface area contributed by atoms with Crippen LogP contribution in [-0.2, 0) is 0 Å². The van der Waals surface area contributed by atoms with E-state index in [1.165, 1.54) is 0 Å². The second-order valence-corrected chi connectivity index (χ2v) is 2.84. The predicted molar refractivity (Wildman–Crippen MR) is 49.7 cm³/mol. The van der Waals surface area contributed by atoms with E-state index in [1.807, 2.05) is 13.0 Å². The highest BCUT2D eigenvalue weighted by Gasteiger charge is 2.07. The van der Waals surface area contributed by atoms with Crippen LogP contribution >= 0.6 is 0 Å². The molecule has 0 aliphatic heterocycles. The lowest BCUT2D eigenvalue weighted by Crippen LogP contribution is -1.99. The number of fused-ring (bicyclic) bond motifs is 1. The Bertz CT molecular complexity index is 473. The lowest BCUT2D eigenvalue weighted by Gasteiger charge is -1.98. The molecule has 0 aliphatic rings. The summed E-state index contributed by atoms with van der Waals surface area (Å²) in [5.41, 5.74) is 7.73. The molecule has 0 saturated heterocycles. The molecular weight excluding hydrogens is 166 g/mol. The maximum Gasteiger partial charge on any atom is 0.166 e. The maximum atomic E-state index is 10.7. The van der Waals surface area contributed by atoms with Gasteiger partial charge in [0.2, 0.25) is 0 Å². The zero-order valence-corrected chi connectivity index (χ0v) is 7.19. The number of hydrogen-bond donors (Lipinski definition) is 1. The molecule has 0 saturated carbocycles. The molecule has 4 nitrogen and oxygen atoms in total. The Hall–Kier alpha value is -1.84. The molecule has 4 heteroatoms. The van der Waals surface area contributed by atoms with Gasteiger partial charge in [0.1, 0.15) is 11.5 Å². The number of pyridine rings is 1. The van der Waals surface area contributed by atoms with Crippen molar-refractivity contribution >= 4 is 17.8 Å². The Balaban J connectivity index is 2.94. The third kappa shape index (κ3) is 0.989. The zero-order valence-electron chi connectivity index (χ0n) is 7.19. The van der Waals surface area contributed by atoms with Crippen LogP contribution in [0.1, 0.15) is 16.2 Å². The van der Waals surface area contributed by atoms with Crippen molar-refractivity contribution in [2.75, 3.05) is 5.73 Å². The molecule has 0 unspecified atom stereocenters. The summed E-state index contributed by atoms with van der Waals surface area (Å²) in [6.45, 7) is 1.82. The number of nitrogen functional groups attached to an aromatic ring is 1. The van der Waals surface area contributed by atoms with E-state index in [4.69, 9.17) is 5.73 Å². The Morgan fingerprint density at radius 3 is 3.00 bits per heavy atom. The number of carbonyl (C=O) groups excluding carboxylic acids is 1. The molecule has 2 rings (SSSR count). The van der Waals surface area contributed by atoms with Gasteiger partial charge in [-0.2, -0.15) is 0 Å². The van der Waals surface area contributed by atoms with Crippen molar-refractivity contribution in [3.63, 3.8) is 0 Å². The summed E-state index contributed by atoms with van der Waals surface area (Å²) in [6, 6.07) is 5.30. The average molecular weight is 175 g/mol. The molecule has 0 bridgehead atoms. The first-order valence-corrected chi connectivity index (χ1v) is 3.93. The van der Waals surface area contributed by atoms with Crippen LogP contribution in [0.4, 0.5) is 5.82 Å². The van der Waals surface area contributed by atoms with Crippen LogP contribution in [0.3, 0.4) is 0 Å². The van der Waals surface area contributed by atoms with Gasteiger partial charge in [0.15, 0.2) is 6.29 Å². The van der Waals surface area contributed by atoms with Gasteiger partial charge in [-0.3, -0.25) is 9.20 Å². The van der Waals surface area contributed by atoms with E-state index in [-0.39, 0.29) is 0 Å². The fourth-order valence-electron chi connectivity index (χ4n) is 1.35. The quantitative estimate of drug-likeness (QED) is 0.658. The van der Waals surface area contributed by atoms with Crippen LogP contribution in [0.5, 0.6) is 0 Å². The molecule has 2 N–H and O–H groups in total. The minimum atomic E-state index is 0.524. The smallest absolute Gasteiger partial charge is 0.166 e. The number of anilines is 1. The Labute approximate surface area is 75.0 Å². The number of rotatable bonds is 1. The second-order valence-electron chi connectivity index (χ2n) is 2.84. The largest absolute Gasteiger partial charge is 0.383 e. The van der Waals surface area contributed by atoms with E-state index in [2.05, 4.69) is 4.98 Å². The summed E-state index contributed by atoms with van der Waals surface area (Å²) in [7, 11) is 0. The minimum Gasteiger partial charge on any atom is -0.383 e. The number of hydrogen-bond acceptors (Lipinski definition) is 3. The Kier molecular flexibility index (Phi) is 1.55. The number of nitrogens with zero attached hydrogens (tertiary/aromatic N) is 2. The average Bonchev–Trinajstić information content (AvgIpc) is 2.43. The number of aldehydes is 1. The highest BCUT2D eigenvalue weighted by molar-refractivity contribution is 5.75. The topological polar surface area (TPSA) is 60.4 Å². The number of carbonyl (C=O) groups is 1. The molecule has 13 heavy (non-hydrogen) atoms. The van der Waals surface area contributed by atoms with Crippen molar-refractivity contribution in [3.8, 4) is 0 Å². The molecule has 2 heterocycles. The standard InChI is InChI=1S/C9H9N3O/c1-6-9(10)12-7(5-13)3-2-4-8(12)11-6/h2-5H,10H2,1H3. The molecular formula is C9H9N3O. The normalized spacial score (nSPS) is 10.5. The first kappa shape index (κ1) is 7.79. The Morgan fingerprint density at radius 1 is 1.54 bits per heavy atom. The number of aromatic nitrogens is 2. The van der Waals surface area contributed by atoms with E-state index in [1.54, 1.807) is 16.5 Å². The fourth-order valence-corrected chi connectivity index (χ4v) is 1.35. The monoisotopic (exact) mass is 175 g/mol. The van der Waals surface area contributed by atoms with Crippen molar-refractivity contribution in [1.29, 1.82) is 0 Å². The van der Waals surface area contributed by atoms with Gasteiger partial charge in [-0.1, -0.05) is 6.07 Å². The van der Waals surface area contributed by atoms with E-state index < -0.39 is 0 Å². The SMILES string of the molecule is Cc1nc2cccc(C=O)n2c1N. The van der Waals surface area contributed by atoms with Crippen molar-refractivity contribution in [1.82, 2.24) is 9.38 Å². The maximum absolute atomic E-state index is 10.7. The molecule has 2 aromatic rings.